The van der Waals surface area contributed by atoms with Crippen molar-refractivity contribution in [3.05, 3.63) is 179 Å². The SMILES string of the molecule is c1ccc(CCN2[C@H](c3ccccc3)C[C@H](NCc3ccccc3)[C@H](c3ccccc3)[C@@H]2c2ccccc2)cc1. The van der Waals surface area contributed by atoms with Crippen LogP contribution in [0.3, 0.4) is 0 Å². The van der Waals surface area contributed by atoms with Crippen LogP contribution in [-0.2, 0) is 13.0 Å². The standard InChI is InChI=1S/C38H38N2/c1-6-16-30(17-7-1)26-27-40-36(32-20-10-3-11-21-32)28-35(39-29-31-18-8-2-9-19-31)37(33-22-12-4-13-23-33)38(40)34-24-14-5-15-25-34/h1-25,35-39H,26-29H2/t35-,36-,37-,38-/m0/s1. The molecule has 0 aliphatic carbocycles. The summed E-state index contributed by atoms with van der Waals surface area (Å²) >= 11 is 0. The van der Waals surface area contributed by atoms with Crippen LogP contribution in [0.5, 0.6) is 0 Å². The predicted octanol–water partition coefficient (Wildman–Crippen LogP) is 8.36. The van der Waals surface area contributed by atoms with Gasteiger partial charge in [0.25, 0.3) is 0 Å². The van der Waals surface area contributed by atoms with Gasteiger partial charge in [0.1, 0.15) is 0 Å². The molecular weight excluding hydrogens is 484 g/mol. The highest BCUT2D eigenvalue weighted by molar-refractivity contribution is 5.34. The zero-order valence-electron chi connectivity index (χ0n) is 23.0. The number of nitrogens with one attached hydrogen (secondary N) is 1. The van der Waals surface area contributed by atoms with E-state index in [0.29, 0.717) is 18.0 Å². The third-order valence-corrected chi connectivity index (χ3v) is 8.43. The predicted molar refractivity (Wildman–Crippen MR) is 166 cm³/mol. The van der Waals surface area contributed by atoms with Gasteiger partial charge in [0.15, 0.2) is 0 Å². The third kappa shape index (κ3) is 6.09. The summed E-state index contributed by atoms with van der Waals surface area (Å²) in [7, 11) is 0. The average Bonchev–Trinajstić information content (AvgIpc) is 3.04. The van der Waals surface area contributed by atoms with Crippen molar-refractivity contribution in [1.82, 2.24) is 10.2 Å². The lowest BCUT2D eigenvalue weighted by Crippen LogP contribution is -2.51. The summed E-state index contributed by atoms with van der Waals surface area (Å²) in [5.74, 6) is 0.308. The molecule has 0 bridgehead atoms. The summed E-state index contributed by atoms with van der Waals surface area (Å²) in [6, 6.07) is 56.2. The molecule has 200 valence electrons. The van der Waals surface area contributed by atoms with E-state index in [4.69, 9.17) is 0 Å². The maximum Gasteiger partial charge on any atom is 0.0437 e. The van der Waals surface area contributed by atoms with Gasteiger partial charge in [0, 0.05) is 37.1 Å². The highest BCUT2D eigenvalue weighted by Crippen LogP contribution is 2.49. The van der Waals surface area contributed by atoms with E-state index in [-0.39, 0.29) is 6.04 Å². The molecular formula is C38H38N2. The van der Waals surface area contributed by atoms with Crippen LogP contribution in [0.1, 0.15) is 52.2 Å². The lowest BCUT2D eigenvalue weighted by atomic mass is 9.73. The largest absolute Gasteiger partial charge is 0.309 e. The molecule has 0 radical (unpaired) electrons. The Kier molecular flexibility index (Phi) is 8.48. The second-order valence-electron chi connectivity index (χ2n) is 10.9. The quantitative estimate of drug-likeness (QED) is 0.209. The zero-order chi connectivity index (χ0) is 27.0. The molecule has 6 rings (SSSR count). The van der Waals surface area contributed by atoms with Crippen LogP contribution in [0.4, 0.5) is 0 Å². The first-order valence-electron chi connectivity index (χ1n) is 14.6. The van der Waals surface area contributed by atoms with Gasteiger partial charge in [-0.1, -0.05) is 152 Å². The van der Waals surface area contributed by atoms with Crippen LogP contribution < -0.4 is 5.32 Å². The van der Waals surface area contributed by atoms with Gasteiger partial charge in [-0.05, 0) is 40.7 Å². The number of hydrogen-bond donors (Lipinski definition) is 1. The topological polar surface area (TPSA) is 15.3 Å². The van der Waals surface area contributed by atoms with Gasteiger partial charge in [-0.2, -0.15) is 0 Å². The van der Waals surface area contributed by atoms with Crippen LogP contribution >= 0.6 is 0 Å². The van der Waals surface area contributed by atoms with E-state index in [0.717, 1.165) is 25.9 Å². The van der Waals surface area contributed by atoms with E-state index in [1.165, 1.54) is 27.8 Å². The van der Waals surface area contributed by atoms with Gasteiger partial charge in [-0.15, -0.1) is 0 Å². The van der Waals surface area contributed by atoms with Crippen molar-refractivity contribution in [3.8, 4) is 0 Å². The average molecular weight is 523 g/mol. The van der Waals surface area contributed by atoms with Gasteiger partial charge >= 0.3 is 0 Å². The summed E-state index contributed by atoms with van der Waals surface area (Å²) in [5.41, 5.74) is 6.90. The first-order chi connectivity index (χ1) is 19.9. The summed E-state index contributed by atoms with van der Waals surface area (Å²) < 4.78 is 0. The molecule has 1 fully saturated rings. The van der Waals surface area contributed by atoms with E-state index in [2.05, 4.69) is 162 Å². The summed E-state index contributed by atoms with van der Waals surface area (Å²) in [5, 5.41) is 4.05. The second-order valence-corrected chi connectivity index (χ2v) is 10.9. The van der Waals surface area contributed by atoms with Crippen molar-refractivity contribution in [3.63, 3.8) is 0 Å². The summed E-state index contributed by atoms with van der Waals surface area (Å²) in [4.78, 5) is 2.80. The van der Waals surface area contributed by atoms with Crippen LogP contribution in [0.25, 0.3) is 0 Å². The minimum atomic E-state index is 0.236. The van der Waals surface area contributed by atoms with Gasteiger partial charge in [-0.3, -0.25) is 4.90 Å². The van der Waals surface area contributed by atoms with Gasteiger partial charge < -0.3 is 5.32 Å². The molecule has 1 aliphatic heterocycles. The Morgan fingerprint density at radius 3 is 1.57 bits per heavy atom. The second kappa shape index (κ2) is 12.9. The Morgan fingerprint density at radius 1 is 0.525 bits per heavy atom. The number of piperidine rings is 1. The van der Waals surface area contributed by atoms with E-state index >= 15 is 0 Å². The van der Waals surface area contributed by atoms with Crippen molar-refractivity contribution in [2.75, 3.05) is 6.54 Å². The third-order valence-electron chi connectivity index (χ3n) is 8.43. The lowest BCUT2D eigenvalue weighted by Gasteiger charge is -2.51. The maximum absolute atomic E-state index is 4.05. The maximum atomic E-state index is 4.05. The first-order valence-corrected chi connectivity index (χ1v) is 14.6. The Bertz CT molecular complexity index is 1420. The number of rotatable bonds is 9. The Morgan fingerprint density at radius 2 is 1.00 bits per heavy atom. The molecule has 40 heavy (non-hydrogen) atoms. The molecule has 0 aromatic heterocycles. The molecule has 0 amide bonds. The normalized spacial score (nSPS) is 21.2. The van der Waals surface area contributed by atoms with Crippen LogP contribution in [-0.4, -0.2) is 17.5 Å². The Balaban J connectivity index is 1.44. The van der Waals surface area contributed by atoms with Crippen molar-refractivity contribution < 1.29 is 0 Å². The fraction of sp³-hybridized carbons (Fsp3) is 0.211. The molecule has 1 saturated heterocycles. The summed E-state index contributed by atoms with van der Waals surface area (Å²) in [6.45, 7) is 1.86. The van der Waals surface area contributed by atoms with E-state index < -0.39 is 0 Å². The number of nitrogens with zero attached hydrogens (tertiary/aromatic N) is 1. The molecule has 1 N–H and O–H groups in total. The zero-order valence-corrected chi connectivity index (χ0v) is 23.0. The molecule has 4 atom stereocenters. The summed E-state index contributed by atoms with van der Waals surface area (Å²) in [6.07, 6.45) is 2.08. The molecule has 5 aromatic carbocycles. The van der Waals surface area contributed by atoms with Gasteiger partial charge in [0.2, 0.25) is 0 Å². The molecule has 2 nitrogen and oxygen atoms in total. The van der Waals surface area contributed by atoms with Gasteiger partial charge in [-0.25, -0.2) is 0 Å². The smallest absolute Gasteiger partial charge is 0.0437 e. The van der Waals surface area contributed by atoms with Crippen molar-refractivity contribution >= 4 is 0 Å². The molecule has 2 heteroatoms. The minimum Gasteiger partial charge on any atom is -0.309 e. The fourth-order valence-corrected chi connectivity index (χ4v) is 6.54. The number of likely N-dealkylation sites (tertiary alicyclic amines) is 1. The lowest BCUT2D eigenvalue weighted by molar-refractivity contribution is 0.0429. The number of benzene rings is 5. The molecule has 0 spiro atoms. The Hall–Kier alpha value is -3.98. The molecule has 5 aromatic rings. The minimum absolute atomic E-state index is 0.236. The van der Waals surface area contributed by atoms with E-state index in [1.807, 2.05) is 0 Å². The fourth-order valence-electron chi connectivity index (χ4n) is 6.54. The first kappa shape index (κ1) is 26.3. The Labute approximate surface area is 239 Å². The molecule has 1 heterocycles. The molecule has 0 saturated carbocycles. The van der Waals surface area contributed by atoms with E-state index in [9.17, 15) is 0 Å². The van der Waals surface area contributed by atoms with Gasteiger partial charge in [0.05, 0.1) is 0 Å². The highest BCUT2D eigenvalue weighted by atomic mass is 15.2. The molecule has 0 unspecified atom stereocenters. The van der Waals surface area contributed by atoms with Crippen molar-refractivity contribution in [2.24, 2.45) is 0 Å². The van der Waals surface area contributed by atoms with E-state index in [1.54, 1.807) is 0 Å². The van der Waals surface area contributed by atoms with Crippen LogP contribution in [0.2, 0.25) is 0 Å². The van der Waals surface area contributed by atoms with Crippen LogP contribution in [0, 0.1) is 0 Å². The van der Waals surface area contributed by atoms with Crippen LogP contribution in [0.15, 0.2) is 152 Å². The highest BCUT2D eigenvalue weighted by Gasteiger charge is 2.44. The van der Waals surface area contributed by atoms with Crippen molar-refractivity contribution in [2.45, 2.75) is 43.4 Å². The van der Waals surface area contributed by atoms with Crippen molar-refractivity contribution in [1.29, 1.82) is 0 Å². The molecule has 1 aliphatic rings. The number of hydrogen-bond acceptors (Lipinski definition) is 2. The monoisotopic (exact) mass is 522 g/mol.